The molecule has 0 bridgehead atoms. The van der Waals surface area contributed by atoms with E-state index in [0.29, 0.717) is 23.7 Å². The Morgan fingerprint density at radius 2 is 0.722 bits per heavy atom. The molecule has 0 N–H and O–H groups in total. The van der Waals surface area contributed by atoms with Crippen molar-refractivity contribution in [2.45, 2.75) is 364 Å². The Morgan fingerprint density at radius 1 is 0.444 bits per heavy atom. The Bertz CT molecular complexity index is 1050. The summed E-state index contributed by atoms with van der Waals surface area (Å²) >= 11 is 0. The second kappa shape index (κ2) is 63.1. The van der Waals surface area contributed by atoms with Crippen molar-refractivity contribution in [3.8, 4) is 0 Å². The van der Waals surface area contributed by atoms with E-state index in [9.17, 15) is 26.3 Å². The molecule has 0 saturated heterocycles. The van der Waals surface area contributed by atoms with Crippen molar-refractivity contribution >= 4 is 0 Å². The molecule has 1 fully saturated rings. The topological polar surface area (TPSA) is 0 Å². The van der Waals surface area contributed by atoms with Gasteiger partial charge < -0.3 is 0 Å². The van der Waals surface area contributed by atoms with Crippen LogP contribution in [0.4, 0.5) is 26.3 Å². The van der Waals surface area contributed by atoms with Crippen LogP contribution in [0.15, 0.2) is 0 Å². The van der Waals surface area contributed by atoms with E-state index in [1.165, 1.54) is 91.4 Å². The highest BCUT2D eigenvalue weighted by Crippen LogP contribution is 2.35. The van der Waals surface area contributed by atoms with Gasteiger partial charge in [0.25, 0.3) is 0 Å². The van der Waals surface area contributed by atoms with Gasteiger partial charge in [0.05, 0.1) is 11.8 Å². The molecule has 6 heteroatoms. The summed E-state index contributed by atoms with van der Waals surface area (Å²) in [5.41, 5.74) is 0.863. The second-order valence-corrected chi connectivity index (χ2v) is 25.5. The minimum absolute atomic E-state index is 0.170. The third-order valence-corrected chi connectivity index (χ3v) is 10.9. The molecular weight excluding hydrogens is 907 g/mol. The van der Waals surface area contributed by atoms with Crippen molar-refractivity contribution in [2.75, 3.05) is 0 Å². The fourth-order valence-electron chi connectivity index (χ4n) is 4.12. The summed E-state index contributed by atoms with van der Waals surface area (Å²) < 4.78 is 104. The number of unbranched alkanes of at least 4 members (excludes halogenated alkanes) is 2. The van der Waals surface area contributed by atoms with Crippen LogP contribution >= 0.6 is 0 Å². The van der Waals surface area contributed by atoms with Gasteiger partial charge in [-0.3, -0.25) is 0 Å². The van der Waals surface area contributed by atoms with Crippen molar-refractivity contribution in [2.24, 2.45) is 69.5 Å². The molecule has 1 aliphatic rings. The first-order valence-corrected chi connectivity index (χ1v) is 29.4. The molecule has 0 aromatic rings. The molecule has 0 aromatic carbocycles. The zero-order valence-corrected chi connectivity index (χ0v) is 56.5. The lowest BCUT2D eigenvalue weighted by molar-refractivity contribution is -0.171. The number of halogens is 6. The van der Waals surface area contributed by atoms with Crippen molar-refractivity contribution in [3.63, 3.8) is 0 Å². The monoisotopic (exact) mass is 1060 g/mol. The van der Waals surface area contributed by atoms with Crippen LogP contribution in [0, 0.1) is 69.5 Å². The summed E-state index contributed by atoms with van der Waals surface area (Å²) in [6.45, 7) is 71.3. The minimum Gasteiger partial charge on any atom is -0.171 e. The maximum atomic E-state index is 11.6. The maximum absolute atomic E-state index is 11.6. The molecule has 1 aliphatic carbocycles. The van der Waals surface area contributed by atoms with Gasteiger partial charge in [-0.05, 0) is 76.9 Å². The third-order valence-electron chi connectivity index (χ3n) is 10.9. The molecule has 0 aliphatic heterocycles. The minimum atomic E-state index is -3.99. The lowest BCUT2D eigenvalue weighted by atomic mass is 9.91. The number of alkyl halides is 6. The van der Waals surface area contributed by atoms with Gasteiger partial charge in [0.1, 0.15) is 0 Å². The lowest BCUT2D eigenvalue weighted by Gasteiger charge is -2.15. The van der Waals surface area contributed by atoms with Crippen LogP contribution in [-0.2, 0) is 0 Å². The van der Waals surface area contributed by atoms with Crippen molar-refractivity contribution < 1.29 is 33.2 Å². The standard InChI is InChI=1S/C8H16.C7H16.C6H11F3.3C6H14.C5H9F3.2C5H12.3C4H10/c1-6-4-5-7(2)8(6)3;1-5-6-7(2,3)4;1-3-4-5(2)6(7,8)9;2*1-5-6(2,3)4;1-4-5-6(2)3;1-3-4(2)5(6,7)8;1-4-5(2)3;1-3-5-4-2;2*1-4(2)3;1-3-4-2/h6-8H,4-5H2,1-3H3;5-6H2,1-4H3;5H,3-4H2,1-2H3;2*5H2,1-4H3;6H,4-5H2,1-3H3;4H,3H2,1-2H3;5H,4H2,1-3H3;3-5H2,1-2H3;2*4H,1-3H3;3-4H2,1-2H3/i;;;5D2;;;;;;4D;;3D2. The quantitative estimate of drug-likeness (QED) is 0.191. The van der Waals surface area contributed by atoms with Gasteiger partial charge in [-0.2, -0.15) is 26.3 Å². The molecule has 72 heavy (non-hydrogen) atoms. The molecule has 0 aromatic heterocycles. The summed E-state index contributed by atoms with van der Waals surface area (Å²) in [5, 5.41) is 0. The zero-order valence-electron chi connectivity index (χ0n) is 61.5. The van der Waals surface area contributed by atoms with Crippen LogP contribution in [0.25, 0.3) is 0 Å². The van der Waals surface area contributed by atoms with Gasteiger partial charge in [-0.1, -0.05) is 332 Å². The smallest absolute Gasteiger partial charge is 0.171 e. The average molecular weight is 1060 g/mol. The summed E-state index contributed by atoms with van der Waals surface area (Å²) in [6, 6.07) is 0. The van der Waals surface area contributed by atoms with Crippen LogP contribution in [0.3, 0.4) is 0 Å². The van der Waals surface area contributed by atoms with E-state index in [1.54, 1.807) is 20.8 Å². The van der Waals surface area contributed by atoms with Crippen molar-refractivity contribution in [1.82, 2.24) is 0 Å². The van der Waals surface area contributed by atoms with Gasteiger partial charge in [0, 0.05) is 6.85 Å². The largest absolute Gasteiger partial charge is 0.391 e. The lowest BCUT2D eigenvalue weighted by Crippen LogP contribution is -2.19. The number of hydrogen-bond acceptors (Lipinski definition) is 0. The summed E-state index contributed by atoms with van der Waals surface area (Å²) in [6.07, 6.45) is 6.54. The summed E-state index contributed by atoms with van der Waals surface area (Å²) in [5.74, 6) is 3.04. The van der Waals surface area contributed by atoms with E-state index in [-0.39, 0.29) is 24.2 Å². The number of rotatable bonds is 10. The first-order valence-electron chi connectivity index (χ1n) is 31.9. The molecule has 1 rings (SSSR count). The SMILES string of the molecule is CC(C)C.CC1CCC(C)C1C.CCC(C)(C)C.CCC(C)C.CCC(C)C(F)(F)F.CCCC(C)(C)C.CCCC(C)C.CCCC(C)C(F)(F)F.CCCCC.[2H]C(C)(C)C.[2H]C([2H])(C)C(C)(C)C.[2H]C([2H])(C)CC. The van der Waals surface area contributed by atoms with Crippen LogP contribution in [-0.4, -0.2) is 12.4 Å². The van der Waals surface area contributed by atoms with Crippen LogP contribution in [0.5, 0.6) is 0 Å². The van der Waals surface area contributed by atoms with Gasteiger partial charge in [0.2, 0.25) is 0 Å². The molecule has 0 spiro atoms. The average Bonchev–Trinajstić information content (AvgIpc) is 3.50. The molecule has 4 atom stereocenters. The summed E-state index contributed by atoms with van der Waals surface area (Å²) in [4.78, 5) is 0. The van der Waals surface area contributed by atoms with Crippen LogP contribution in [0.2, 0.25) is 0 Å². The molecule has 0 nitrogen and oxygen atoms in total. The summed E-state index contributed by atoms with van der Waals surface area (Å²) in [7, 11) is 0. The molecule has 1 saturated carbocycles. The fourth-order valence-corrected chi connectivity index (χ4v) is 4.12. The van der Waals surface area contributed by atoms with E-state index in [2.05, 4.69) is 152 Å². The van der Waals surface area contributed by atoms with Crippen LogP contribution in [0.1, 0.15) is 358 Å². The molecule has 0 heterocycles. The predicted octanol–water partition coefficient (Wildman–Crippen LogP) is 27.8. The first kappa shape index (κ1) is 82.9. The van der Waals surface area contributed by atoms with Crippen molar-refractivity contribution in [3.05, 3.63) is 0 Å². The Hall–Kier alpha value is -0.420. The first-order chi connectivity index (χ1) is 33.8. The zero-order chi connectivity index (χ0) is 65.2. The van der Waals surface area contributed by atoms with E-state index in [4.69, 9.17) is 6.85 Å². The second-order valence-electron chi connectivity index (χ2n) is 25.5. The number of hydrogen-bond donors (Lipinski definition) is 0. The van der Waals surface area contributed by atoms with E-state index < -0.39 is 36.9 Å². The molecular formula is C66H148F6. The third kappa shape index (κ3) is 145. The van der Waals surface area contributed by atoms with Gasteiger partial charge >= 0.3 is 12.4 Å². The fraction of sp³-hybridized carbons (Fsp3) is 1.00. The highest BCUT2D eigenvalue weighted by Gasteiger charge is 2.35. The van der Waals surface area contributed by atoms with Gasteiger partial charge in [-0.25, -0.2) is 0 Å². The normalized spacial score (nSPS) is 17.3. The molecule has 4 unspecified atom stereocenters. The highest BCUT2D eigenvalue weighted by molar-refractivity contribution is 4.76. The van der Waals surface area contributed by atoms with Crippen LogP contribution < -0.4 is 0 Å². The Morgan fingerprint density at radius 3 is 0.750 bits per heavy atom. The Labute approximate surface area is 465 Å². The van der Waals surface area contributed by atoms with Crippen molar-refractivity contribution in [1.29, 1.82) is 0 Å². The molecule has 0 radical (unpaired) electrons. The predicted molar refractivity (Wildman–Crippen MR) is 328 cm³/mol. The molecule has 454 valence electrons. The van der Waals surface area contributed by atoms with E-state index in [1.807, 2.05) is 48.5 Å². The highest BCUT2D eigenvalue weighted by atomic mass is 19.4. The molecule has 0 amide bonds. The van der Waals surface area contributed by atoms with E-state index >= 15 is 0 Å². The van der Waals surface area contributed by atoms with E-state index in [0.717, 1.165) is 35.5 Å². The Kier molecular flexibility index (Phi) is 72.7. The van der Waals surface area contributed by atoms with Gasteiger partial charge in [-0.15, -0.1) is 0 Å². The Balaban J connectivity index is -0.0000000690. The maximum Gasteiger partial charge on any atom is 0.391 e. The van der Waals surface area contributed by atoms with Gasteiger partial charge in [0.15, 0.2) is 0 Å².